The van der Waals surface area contributed by atoms with Gasteiger partial charge in [0.15, 0.2) is 0 Å². The Bertz CT molecular complexity index is 300. The first kappa shape index (κ1) is 9.48. The van der Waals surface area contributed by atoms with Gasteiger partial charge in [-0.15, -0.1) is 0 Å². The molecule has 14 heavy (non-hydrogen) atoms. The summed E-state index contributed by atoms with van der Waals surface area (Å²) >= 11 is 0. The number of β-amino-alcohol motifs (C(OH)–C–C–N with tert-alkyl or cyclic N) is 1. The fourth-order valence-corrected chi connectivity index (χ4v) is 1.81. The Morgan fingerprint density at radius 2 is 2.43 bits per heavy atom. The molecule has 1 aliphatic rings. The predicted octanol–water partition coefficient (Wildman–Crippen LogP) is -0.554. The Morgan fingerprint density at radius 3 is 3.07 bits per heavy atom. The maximum atomic E-state index is 9.40. The van der Waals surface area contributed by atoms with Crippen molar-refractivity contribution >= 4 is 5.82 Å². The topological polar surface area (TPSA) is 61.5 Å². The highest BCUT2D eigenvalue weighted by atomic mass is 16.3. The van der Waals surface area contributed by atoms with Crippen molar-refractivity contribution < 1.29 is 10.2 Å². The van der Waals surface area contributed by atoms with Gasteiger partial charge < -0.3 is 19.7 Å². The van der Waals surface area contributed by atoms with E-state index in [1.54, 1.807) is 12.5 Å². The summed E-state index contributed by atoms with van der Waals surface area (Å²) in [4.78, 5) is 6.13. The second-order valence-electron chi connectivity index (χ2n) is 3.56. The highest BCUT2D eigenvalue weighted by Gasteiger charge is 2.22. The average Bonchev–Trinajstić information content (AvgIpc) is 2.74. The van der Waals surface area contributed by atoms with Crippen LogP contribution < -0.4 is 4.90 Å². The second-order valence-corrected chi connectivity index (χ2v) is 3.56. The van der Waals surface area contributed by atoms with Crippen molar-refractivity contribution in [1.29, 1.82) is 0 Å². The summed E-state index contributed by atoms with van der Waals surface area (Å²) in [5.74, 6) is 0.982. The molecule has 1 atom stereocenters. The zero-order valence-corrected chi connectivity index (χ0v) is 8.00. The minimum Gasteiger partial charge on any atom is -0.395 e. The zero-order valence-electron chi connectivity index (χ0n) is 8.00. The van der Waals surface area contributed by atoms with E-state index in [2.05, 4.69) is 9.88 Å². The van der Waals surface area contributed by atoms with E-state index in [9.17, 15) is 5.11 Å². The molecule has 1 saturated heterocycles. The molecule has 0 saturated carbocycles. The fraction of sp³-hybridized carbons (Fsp3) is 0.667. The fourth-order valence-electron chi connectivity index (χ4n) is 1.81. The largest absolute Gasteiger partial charge is 0.395 e. The lowest BCUT2D eigenvalue weighted by molar-refractivity contribution is 0.198. The number of imidazole rings is 1. The lowest BCUT2D eigenvalue weighted by Gasteiger charge is -2.18. The van der Waals surface area contributed by atoms with Gasteiger partial charge in [-0.05, 0) is 6.42 Å². The summed E-state index contributed by atoms with van der Waals surface area (Å²) in [5, 5.41) is 18.2. The summed E-state index contributed by atoms with van der Waals surface area (Å²) < 4.78 is 1.90. The number of aliphatic hydroxyl groups is 2. The quantitative estimate of drug-likeness (QED) is 0.682. The summed E-state index contributed by atoms with van der Waals surface area (Å²) in [6.07, 6.45) is 4.06. The third-order valence-corrected chi connectivity index (χ3v) is 2.52. The van der Waals surface area contributed by atoms with E-state index >= 15 is 0 Å². The molecule has 0 bridgehead atoms. The predicted molar refractivity (Wildman–Crippen MR) is 52.1 cm³/mol. The van der Waals surface area contributed by atoms with E-state index in [-0.39, 0.29) is 12.7 Å². The Balaban J connectivity index is 2.11. The van der Waals surface area contributed by atoms with Crippen molar-refractivity contribution in [3.8, 4) is 0 Å². The number of aromatic nitrogens is 2. The van der Waals surface area contributed by atoms with Crippen molar-refractivity contribution in [3.63, 3.8) is 0 Å². The molecule has 5 nitrogen and oxygen atoms in total. The van der Waals surface area contributed by atoms with Crippen molar-refractivity contribution in [2.75, 3.05) is 24.6 Å². The average molecular weight is 197 g/mol. The molecule has 0 aliphatic carbocycles. The SMILES string of the molecule is OCCn1cncc1N1CCC(O)C1. The van der Waals surface area contributed by atoms with Gasteiger partial charge in [-0.2, -0.15) is 0 Å². The van der Waals surface area contributed by atoms with Gasteiger partial charge >= 0.3 is 0 Å². The van der Waals surface area contributed by atoms with Gasteiger partial charge in [0.2, 0.25) is 0 Å². The van der Waals surface area contributed by atoms with Crippen LogP contribution in [-0.4, -0.2) is 45.6 Å². The van der Waals surface area contributed by atoms with E-state index < -0.39 is 0 Å². The lowest BCUT2D eigenvalue weighted by atomic mass is 10.3. The highest BCUT2D eigenvalue weighted by Crippen LogP contribution is 2.19. The summed E-state index contributed by atoms with van der Waals surface area (Å²) in [6, 6.07) is 0. The van der Waals surface area contributed by atoms with Crippen LogP contribution in [0.3, 0.4) is 0 Å². The molecule has 1 fully saturated rings. The maximum Gasteiger partial charge on any atom is 0.128 e. The van der Waals surface area contributed by atoms with Crippen molar-refractivity contribution in [3.05, 3.63) is 12.5 Å². The van der Waals surface area contributed by atoms with E-state index in [1.807, 2.05) is 4.57 Å². The van der Waals surface area contributed by atoms with Crippen LogP contribution in [0.4, 0.5) is 5.82 Å². The molecule has 1 aliphatic heterocycles. The molecule has 2 heterocycles. The summed E-state index contributed by atoms with van der Waals surface area (Å²) in [7, 11) is 0. The molecule has 5 heteroatoms. The van der Waals surface area contributed by atoms with Gasteiger partial charge in [-0.25, -0.2) is 4.98 Å². The minimum atomic E-state index is -0.229. The Kier molecular flexibility index (Phi) is 2.69. The molecule has 0 aromatic carbocycles. The van der Waals surface area contributed by atoms with Crippen LogP contribution in [0.1, 0.15) is 6.42 Å². The Morgan fingerprint density at radius 1 is 1.57 bits per heavy atom. The summed E-state index contributed by atoms with van der Waals surface area (Å²) in [6.45, 7) is 2.19. The Hall–Kier alpha value is -1.07. The van der Waals surface area contributed by atoms with Crippen LogP contribution in [-0.2, 0) is 6.54 Å². The van der Waals surface area contributed by atoms with Gasteiger partial charge in [-0.3, -0.25) is 0 Å². The van der Waals surface area contributed by atoms with Crippen LogP contribution >= 0.6 is 0 Å². The molecule has 0 amide bonds. The van der Waals surface area contributed by atoms with E-state index in [4.69, 9.17) is 5.11 Å². The number of hydrogen-bond donors (Lipinski definition) is 2. The molecule has 1 unspecified atom stereocenters. The van der Waals surface area contributed by atoms with Crippen LogP contribution in [0.2, 0.25) is 0 Å². The van der Waals surface area contributed by atoms with Crippen LogP contribution in [0.15, 0.2) is 12.5 Å². The number of hydrogen-bond acceptors (Lipinski definition) is 4. The second kappa shape index (κ2) is 3.98. The lowest BCUT2D eigenvalue weighted by Crippen LogP contribution is -2.24. The van der Waals surface area contributed by atoms with Crippen LogP contribution in [0.25, 0.3) is 0 Å². The van der Waals surface area contributed by atoms with Crippen molar-refractivity contribution in [2.24, 2.45) is 0 Å². The van der Waals surface area contributed by atoms with Gasteiger partial charge in [-0.1, -0.05) is 0 Å². The molecule has 78 valence electrons. The summed E-state index contributed by atoms with van der Waals surface area (Å²) in [5.41, 5.74) is 0. The van der Waals surface area contributed by atoms with Crippen molar-refractivity contribution in [2.45, 2.75) is 19.1 Å². The number of nitrogens with zero attached hydrogens (tertiary/aromatic N) is 3. The number of anilines is 1. The molecule has 2 N–H and O–H groups in total. The third-order valence-electron chi connectivity index (χ3n) is 2.52. The molecule has 1 aromatic rings. The molecule has 0 radical (unpaired) electrons. The van der Waals surface area contributed by atoms with E-state index in [0.717, 1.165) is 18.8 Å². The Labute approximate surface area is 82.6 Å². The van der Waals surface area contributed by atoms with Gasteiger partial charge in [0, 0.05) is 19.6 Å². The monoisotopic (exact) mass is 197 g/mol. The zero-order chi connectivity index (χ0) is 9.97. The first-order chi connectivity index (χ1) is 6.81. The normalized spacial score (nSPS) is 21.9. The molecule has 0 spiro atoms. The third kappa shape index (κ3) is 1.73. The molecular formula is C9H15N3O2. The van der Waals surface area contributed by atoms with E-state index in [1.165, 1.54) is 0 Å². The molecule has 1 aromatic heterocycles. The van der Waals surface area contributed by atoms with Crippen LogP contribution in [0, 0.1) is 0 Å². The maximum absolute atomic E-state index is 9.40. The smallest absolute Gasteiger partial charge is 0.128 e. The van der Waals surface area contributed by atoms with Crippen LogP contribution in [0.5, 0.6) is 0 Å². The highest BCUT2D eigenvalue weighted by molar-refractivity contribution is 5.39. The first-order valence-corrected chi connectivity index (χ1v) is 4.85. The van der Waals surface area contributed by atoms with Gasteiger partial charge in [0.05, 0.1) is 25.2 Å². The minimum absolute atomic E-state index is 0.111. The van der Waals surface area contributed by atoms with Gasteiger partial charge in [0.25, 0.3) is 0 Å². The standard InChI is InChI=1S/C9H15N3O2/c13-4-3-12-7-10-5-9(12)11-2-1-8(14)6-11/h5,7-8,13-14H,1-4,6H2. The number of aliphatic hydroxyl groups excluding tert-OH is 2. The van der Waals surface area contributed by atoms with Gasteiger partial charge in [0.1, 0.15) is 5.82 Å². The number of rotatable bonds is 3. The molecular weight excluding hydrogens is 182 g/mol. The van der Waals surface area contributed by atoms with Crippen molar-refractivity contribution in [1.82, 2.24) is 9.55 Å². The first-order valence-electron chi connectivity index (χ1n) is 4.85. The molecule has 2 rings (SSSR count). The van der Waals surface area contributed by atoms with E-state index in [0.29, 0.717) is 13.1 Å².